The van der Waals surface area contributed by atoms with E-state index in [0.717, 1.165) is 75.7 Å². The summed E-state index contributed by atoms with van der Waals surface area (Å²) in [6.45, 7) is 7.75. The maximum atomic E-state index is 10.4. The number of aromatic amines is 1. The van der Waals surface area contributed by atoms with Gasteiger partial charge < -0.3 is 24.5 Å². The summed E-state index contributed by atoms with van der Waals surface area (Å²) in [7, 11) is 0. The van der Waals surface area contributed by atoms with Gasteiger partial charge in [0.05, 0.1) is 37.7 Å². The number of aromatic nitrogens is 1. The molecule has 3 heterocycles. The van der Waals surface area contributed by atoms with Crippen molar-refractivity contribution in [1.82, 2.24) is 9.88 Å². The minimum Gasteiger partial charge on any atom is -0.494 e. The number of hydrogen-bond acceptors (Lipinski definition) is 6. The first-order chi connectivity index (χ1) is 15.3. The van der Waals surface area contributed by atoms with Gasteiger partial charge in [-0.3, -0.25) is 9.89 Å². The lowest BCUT2D eigenvalue weighted by Crippen LogP contribution is -2.36. The summed E-state index contributed by atoms with van der Waals surface area (Å²) >= 11 is 0. The molecule has 2 aliphatic rings. The zero-order valence-electron chi connectivity index (χ0n) is 17.6. The molecule has 2 aromatic carbocycles. The Labute approximate surface area is 181 Å². The number of rotatable bonds is 5. The highest BCUT2D eigenvalue weighted by molar-refractivity contribution is 6.02. The van der Waals surface area contributed by atoms with Crippen LogP contribution in [-0.4, -0.2) is 73.8 Å². The Kier molecular flexibility index (Phi) is 5.88. The summed E-state index contributed by atoms with van der Waals surface area (Å²) in [5.74, 6) is 0.146. The molecule has 2 fully saturated rings. The molecular formula is C24H28N4O3. The Balaban J connectivity index is 1.31. The van der Waals surface area contributed by atoms with Gasteiger partial charge in [-0.15, -0.1) is 0 Å². The van der Waals surface area contributed by atoms with E-state index in [9.17, 15) is 5.11 Å². The molecule has 2 aliphatic heterocycles. The van der Waals surface area contributed by atoms with Crippen LogP contribution in [-0.2, 0) is 16.0 Å². The van der Waals surface area contributed by atoms with Gasteiger partial charge in [-0.2, -0.15) is 0 Å². The fraction of sp³-hybridized carbons (Fsp3) is 0.375. The Hall–Kier alpha value is -2.87. The monoisotopic (exact) mass is 420 g/mol. The third kappa shape index (κ3) is 4.58. The molecule has 2 N–H and O–H groups in total. The topological polar surface area (TPSA) is 73.3 Å². The second-order valence-electron chi connectivity index (χ2n) is 8.03. The predicted molar refractivity (Wildman–Crippen MR) is 123 cm³/mol. The smallest absolute Gasteiger partial charge is 0.198 e. The summed E-state index contributed by atoms with van der Waals surface area (Å²) in [6.07, 6.45) is 1.74. The number of ether oxygens (including phenoxy) is 2. The maximum absolute atomic E-state index is 10.4. The average Bonchev–Trinajstić information content (AvgIpc) is 3.13. The van der Waals surface area contributed by atoms with Crippen molar-refractivity contribution >= 4 is 28.5 Å². The lowest BCUT2D eigenvalue weighted by atomic mass is 10.1. The van der Waals surface area contributed by atoms with Crippen LogP contribution in [0.15, 0.2) is 47.5 Å². The third-order valence-corrected chi connectivity index (χ3v) is 5.96. The molecule has 3 aromatic rings. The predicted octanol–water partition coefficient (Wildman–Crippen LogP) is 3.29. The van der Waals surface area contributed by atoms with Crippen molar-refractivity contribution in [3.8, 4) is 5.88 Å². The Bertz CT molecular complexity index is 1050. The number of morpholine rings is 2. The molecule has 0 saturated carbocycles. The van der Waals surface area contributed by atoms with Crippen LogP contribution in [0, 0.1) is 0 Å². The molecule has 7 nitrogen and oxygen atoms in total. The second-order valence-corrected chi connectivity index (χ2v) is 8.03. The number of anilines is 1. The van der Waals surface area contributed by atoms with E-state index in [1.54, 1.807) is 6.21 Å². The first-order valence-electron chi connectivity index (χ1n) is 10.9. The highest BCUT2D eigenvalue weighted by Gasteiger charge is 2.14. The highest BCUT2D eigenvalue weighted by atomic mass is 16.5. The van der Waals surface area contributed by atoms with Crippen LogP contribution >= 0.6 is 0 Å². The number of nitrogens with one attached hydrogen (secondary N) is 1. The molecule has 0 bridgehead atoms. The summed E-state index contributed by atoms with van der Waals surface area (Å²) < 4.78 is 10.8. The molecule has 31 heavy (non-hydrogen) atoms. The van der Waals surface area contributed by atoms with Gasteiger partial charge in [0.25, 0.3) is 0 Å². The first-order valence-corrected chi connectivity index (χ1v) is 10.9. The van der Waals surface area contributed by atoms with Crippen molar-refractivity contribution in [3.05, 3.63) is 53.6 Å². The molecule has 162 valence electrons. The minimum absolute atomic E-state index is 0.146. The summed E-state index contributed by atoms with van der Waals surface area (Å²) in [4.78, 5) is 12.4. The van der Waals surface area contributed by atoms with Crippen LogP contribution < -0.4 is 4.90 Å². The van der Waals surface area contributed by atoms with Crippen molar-refractivity contribution in [3.63, 3.8) is 0 Å². The molecule has 0 aliphatic carbocycles. The van der Waals surface area contributed by atoms with Crippen LogP contribution in [0.5, 0.6) is 5.88 Å². The molecule has 0 unspecified atom stereocenters. The zero-order chi connectivity index (χ0) is 21.0. The van der Waals surface area contributed by atoms with Gasteiger partial charge >= 0.3 is 0 Å². The number of nitrogens with zero attached hydrogens (tertiary/aromatic N) is 3. The Morgan fingerprint density at radius 2 is 1.65 bits per heavy atom. The number of fused-ring (bicyclic) bond motifs is 1. The van der Waals surface area contributed by atoms with Crippen LogP contribution in [0.2, 0.25) is 0 Å². The molecule has 0 spiro atoms. The van der Waals surface area contributed by atoms with Crippen LogP contribution in [0.1, 0.15) is 11.1 Å². The molecule has 1 aromatic heterocycles. The Morgan fingerprint density at radius 3 is 2.39 bits per heavy atom. The molecule has 5 rings (SSSR count). The van der Waals surface area contributed by atoms with E-state index < -0.39 is 0 Å². The zero-order valence-corrected chi connectivity index (χ0v) is 17.6. The van der Waals surface area contributed by atoms with Gasteiger partial charge in [0.2, 0.25) is 0 Å². The molecular weight excluding hydrogens is 392 g/mol. The summed E-state index contributed by atoms with van der Waals surface area (Å²) in [5.41, 5.74) is 4.90. The summed E-state index contributed by atoms with van der Waals surface area (Å²) in [6, 6.07) is 14.5. The fourth-order valence-corrected chi connectivity index (χ4v) is 4.21. The normalized spacial score (nSPS) is 18.3. The van der Waals surface area contributed by atoms with Crippen molar-refractivity contribution in [2.24, 2.45) is 4.99 Å². The van der Waals surface area contributed by atoms with Crippen molar-refractivity contribution in [2.45, 2.75) is 6.54 Å². The SMILES string of the molecule is Oc1[nH]c2cc(CN3CCOCC3)ccc2c1C=Nc1ccc(N2CCOCC2)cc1. The number of H-pyrrole nitrogens is 1. The Morgan fingerprint density at radius 1 is 0.935 bits per heavy atom. The van der Waals surface area contributed by atoms with E-state index in [1.165, 1.54) is 11.3 Å². The van der Waals surface area contributed by atoms with E-state index >= 15 is 0 Å². The third-order valence-electron chi connectivity index (χ3n) is 5.96. The number of benzene rings is 2. The largest absolute Gasteiger partial charge is 0.494 e. The average molecular weight is 421 g/mol. The standard InChI is InChI=1S/C24H28N4O3/c29-24-22(16-25-19-2-4-20(5-3-19)28-9-13-31-14-10-28)21-6-1-18(15-23(21)26-24)17-27-7-11-30-12-8-27/h1-6,15-16,26,29H,7-14,17H2. The maximum Gasteiger partial charge on any atom is 0.198 e. The van der Waals surface area contributed by atoms with Crippen LogP contribution in [0.3, 0.4) is 0 Å². The lowest BCUT2D eigenvalue weighted by Gasteiger charge is -2.28. The highest BCUT2D eigenvalue weighted by Crippen LogP contribution is 2.28. The minimum atomic E-state index is 0.146. The van der Waals surface area contributed by atoms with Gasteiger partial charge in [0, 0.05) is 55.5 Å². The van der Waals surface area contributed by atoms with E-state index in [-0.39, 0.29) is 5.88 Å². The van der Waals surface area contributed by atoms with Crippen molar-refractivity contribution in [1.29, 1.82) is 0 Å². The second kappa shape index (κ2) is 9.09. The number of aliphatic imine (C=N–C) groups is 1. The molecule has 0 amide bonds. The molecule has 0 radical (unpaired) electrons. The van der Waals surface area contributed by atoms with E-state index in [0.29, 0.717) is 5.56 Å². The van der Waals surface area contributed by atoms with Crippen molar-refractivity contribution in [2.75, 3.05) is 57.5 Å². The number of aromatic hydroxyl groups is 1. The van der Waals surface area contributed by atoms with Gasteiger partial charge in [-0.1, -0.05) is 12.1 Å². The van der Waals surface area contributed by atoms with Gasteiger partial charge in [0.1, 0.15) is 0 Å². The fourth-order valence-electron chi connectivity index (χ4n) is 4.21. The van der Waals surface area contributed by atoms with Crippen molar-refractivity contribution < 1.29 is 14.6 Å². The van der Waals surface area contributed by atoms with E-state index in [4.69, 9.17) is 9.47 Å². The summed E-state index contributed by atoms with van der Waals surface area (Å²) in [5, 5.41) is 11.4. The lowest BCUT2D eigenvalue weighted by molar-refractivity contribution is 0.0342. The number of hydrogen-bond donors (Lipinski definition) is 2. The quantitative estimate of drug-likeness (QED) is 0.620. The van der Waals surface area contributed by atoms with Crippen LogP contribution in [0.4, 0.5) is 11.4 Å². The van der Waals surface area contributed by atoms with Gasteiger partial charge in [-0.25, -0.2) is 0 Å². The van der Waals surface area contributed by atoms with E-state index in [2.05, 4.69) is 50.1 Å². The van der Waals surface area contributed by atoms with Gasteiger partial charge in [-0.05, 0) is 35.9 Å². The molecule has 2 saturated heterocycles. The molecule has 0 atom stereocenters. The first kappa shape index (κ1) is 20.1. The molecule has 7 heteroatoms. The van der Waals surface area contributed by atoms with E-state index in [1.807, 2.05) is 12.1 Å². The van der Waals surface area contributed by atoms with Crippen LogP contribution in [0.25, 0.3) is 10.9 Å². The van der Waals surface area contributed by atoms with Gasteiger partial charge in [0.15, 0.2) is 5.88 Å².